The molecule has 5 nitrogen and oxygen atoms in total. The lowest BCUT2D eigenvalue weighted by molar-refractivity contribution is 0.627. The second-order valence-corrected chi connectivity index (χ2v) is 4.30. The first kappa shape index (κ1) is 13.2. The second kappa shape index (κ2) is 5.62. The number of nitrogens with two attached hydrogens (primary N) is 1. The molecule has 0 aliphatic rings. The van der Waals surface area contributed by atoms with E-state index in [1.807, 2.05) is 18.9 Å². The van der Waals surface area contributed by atoms with E-state index in [0.717, 1.165) is 16.9 Å². The first-order chi connectivity index (χ1) is 9.11. The number of aromatic nitrogens is 2. The van der Waals surface area contributed by atoms with Crippen molar-refractivity contribution in [2.24, 2.45) is 5.84 Å². The van der Waals surface area contributed by atoms with Gasteiger partial charge in [-0.3, -0.25) is 0 Å². The fourth-order valence-corrected chi connectivity index (χ4v) is 1.91. The molecule has 0 aliphatic heterocycles. The molecule has 0 atom stereocenters. The lowest BCUT2D eigenvalue weighted by atomic mass is 10.2. The zero-order valence-electron chi connectivity index (χ0n) is 10.9. The smallest absolute Gasteiger partial charge is 0.148 e. The number of anilines is 2. The molecule has 0 amide bonds. The highest BCUT2D eigenvalue weighted by Crippen LogP contribution is 2.21. The third kappa shape index (κ3) is 2.97. The Morgan fingerprint density at radius 3 is 2.58 bits per heavy atom. The highest BCUT2D eigenvalue weighted by molar-refractivity contribution is 5.57. The Labute approximate surface area is 111 Å². The summed E-state index contributed by atoms with van der Waals surface area (Å²) in [4.78, 5) is 10.2. The number of halogens is 1. The van der Waals surface area contributed by atoms with Gasteiger partial charge < -0.3 is 10.3 Å². The maximum absolute atomic E-state index is 12.9. The minimum absolute atomic E-state index is 0.237. The summed E-state index contributed by atoms with van der Waals surface area (Å²) in [6.45, 7) is 2.52. The summed E-state index contributed by atoms with van der Waals surface area (Å²) >= 11 is 0. The summed E-state index contributed by atoms with van der Waals surface area (Å²) < 4.78 is 12.9. The predicted molar refractivity (Wildman–Crippen MR) is 73.1 cm³/mol. The van der Waals surface area contributed by atoms with E-state index >= 15 is 0 Å². The Bertz CT molecular complexity index is 555. The monoisotopic (exact) mass is 261 g/mol. The molecule has 0 radical (unpaired) electrons. The lowest BCUT2D eigenvalue weighted by Crippen LogP contribution is -2.20. The highest BCUT2D eigenvalue weighted by Gasteiger charge is 2.10. The van der Waals surface area contributed by atoms with Gasteiger partial charge in [0.1, 0.15) is 23.8 Å². The van der Waals surface area contributed by atoms with Crippen LogP contribution in [0.25, 0.3) is 0 Å². The van der Waals surface area contributed by atoms with Crippen molar-refractivity contribution < 1.29 is 4.39 Å². The van der Waals surface area contributed by atoms with Gasteiger partial charge in [0.25, 0.3) is 0 Å². The third-order valence-electron chi connectivity index (χ3n) is 2.89. The van der Waals surface area contributed by atoms with Crippen LogP contribution in [0.1, 0.15) is 11.1 Å². The minimum Gasteiger partial charge on any atom is -0.355 e. The quantitative estimate of drug-likeness (QED) is 0.649. The summed E-state index contributed by atoms with van der Waals surface area (Å²) in [5, 5.41) is 0. The Morgan fingerprint density at radius 2 is 1.95 bits per heavy atom. The van der Waals surface area contributed by atoms with Crippen LogP contribution in [0.2, 0.25) is 0 Å². The van der Waals surface area contributed by atoms with Crippen LogP contribution >= 0.6 is 0 Å². The molecule has 0 unspecified atom stereocenters. The van der Waals surface area contributed by atoms with Crippen molar-refractivity contribution in [1.82, 2.24) is 9.97 Å². The Morgan fingerprint density at radius 1 is 1.26 bits per heavy atom. The highest BCUT2D eigenvalue weighted by atomic mass is 19.1. The van der Waals surface area contributed by atoms with E-state index in [1.165, 1.54) is 18.5 Å². The Kier molecular flexibility index (Phi) is 3.91. The number of rotatable bonds is 4. The van der Waals surface area contributed by atoms with E-state index in [1.54, 1.807) is 12.1 Å². The molecule has 0 saturated heterocycles. The molecule has 0 fully saturated rings. The van der Waals surface area contributed by atoms with Crippen LogP contribution in [0.5, 0.6) is 0 Å². The Hall–Kier alpha value is -2.21. The molecule has 0 spiro atoms. The molecule has 2 aromatic rings. The van der Waals surface area contributed by atoms with Gasteiger partial charge in [-0.1, -0.05) is 12.1 Å². The van der Waals surface area contributed by atoms with Gasteiger partial charge in [0.2, 0.25) is 0 Å². The molecule has 2 rings (SSSR count). The van der Waals surface area contributed by atoms with Crippen LogP contribution in [-0.4, -0.2) is 17.0 Å². The fraction of sp³-hybridized carbons (Fsp3) is 0.231. The summed E-state index contributed by atoms with van der Waals surface area (Å²) in [5.41, 5.74) is 4.41. The van der Waals surface area contributed by atoms with E-state index < -0.39 is 0 Å². The number of nitrogen functional groups attached to an aromatic ring is 1. The number of hydrogen-bond acceptors (Lipinski definition) is 5. The molecule has 0 saturated carbocycles. The maximum Gasteiger partial charge on any atom is 0.148 e. The van der Waals surface area contributed by atoms with Gasteiger partial charge in [0.05, 0.1) is 0 Å². The standard InChI is InChI=1S/C13H16FN5/c1-9-12(18-15)16-8-17-13(9)19(2)7-10-3-5-11(14)6-4-10/h3-6,8H,7,15H2,1-2H3,(H,16,17,18). The van der Waals surface area contributed by atoms with E-state index in [2.05, 4.69) is 15.4 Å². The molecule has 1 heterocycles. The number of hydrazine groups is 1. The van der Waals surface area contributed by atoms with Crippen LogP contribution in [-0.2, 0) is 6.54 Å². The third-order valence-corrected chi connectivity index (χ3v) is 2.89. The maximum atomic E-state index is 12.9. The zero-order chi connectivity index (χ0) is 13.8. The van der Waals surface area contributed by atoms with Gasteiger partial charge in [-0.25, -0.2) is 20.2 Å². The Balaban J connectivity index is 2.20. The van der Waals surface area contributed by atoms with Crippen molar-refractivity contribution in [2.75, 3.05) is 17.4 Å². The van der Waals surface area contributed by atoms with Crippen molar-refractivity contribution in [1.29, 1.82) is 0 Å². The molecule has 0 bridgehead atoms. The normalized spacial score (nSPS) is 10.3. The molecule has 1 aromatic carbocycles. The summed E-state index contributed by atoms with van der Waals surface area (Å²) in [7, 11) is 1.92. The van der Waals surface area contributed by atoms with Gasteiger partial charge in [0, 0.05) is 19.2 Å². The van der Waals surface area contributed by atoms with Gasteiger partial charge in [-0.2, -0.15) is 0 Å². The van der Waals surface area contributed by atoms with Crippen LogP contribution in [0.4, 0.5) is 16.0 Å². The van der Waals surface area contributed by atoms with Crippen molar-refractivity contribution in [3.05, 3.63) is 47.5 Å². The lowest BCUT2D eigenvalue weighted by Gasteiger charge is -2.21. The molecule has 6 heteroatoms. The number of hydrogen-bond donors (Lipinski definition) is 2. The largest absolute Gasteiger partial charge is 0.355 e. The molecule has 1 aromatic heterocycles. The molecule has 100 valence electrons. The van der Waals surface area contributed by atoms with Crippen LogP contribution in [0.15, 0.2) is 30.6 Å². The first-order valence-electron chi connectivity index (χ1n) is 5.85. The summed E-state index contributed by atoms with van der Waals surface area (Å²) in [6, 6.07) is 6.40. The first-order valence-corrected chi connectivity index (χ1v) is 5.85. The zero-order valence-corrected chi connectivity index (χ0v) is 10.9. The van der Waals surface area contributed by atoms with E-state index in [4.69, 9.17) is 5.84 Å². The van der Waals surface area contributed by atoms with Crippen LogP contribution in [0.3, 0.4) is 0 Å². The van der Waals surface area contributed by atoms with E-state index in [-0.39, 0.29) is 5.82 Å². The van der Waals surface area contributed by atoms with Gasteiger partial charge in [-0.05, 0) is 24.6 Å². The van der Waals surface area contributed by atoms with Crippen molar-refractivity contribution in [3.8, 4) is 0 Å². The molecular formula is C13H16FN5. The van der Waals surface area contributed by atoms with E-state index in [0.29, 0.717) is 12.4 Å². The average molecular weight is 261 g/mol. The molecule has 3 N–H and O–H groups in total. The predicted octanol–water partition coefficient (Wildman–Crippen LogP) is 1.85. The van der Waals surface area contributed by atoms with Crippen LogP contribution in [0, 0.1) is 12.7 Å². The number of nitrogens with zero attached hydrogens (tertiary/aromatic N) is 3. The van der Waals surface area contributed by atoms with Crippen LogP contribution < -0.4 is 16.2 Å². The fourth-order valence-electron chi connectivity index (χ4n) is 1.91. The summed E-state index contributed by atoms with van der Waals surface area (Å²) in [5.74, 6) is 6.53. The molecular weight excluding hydrogens is 245 g/mol. The molecule has 0 aliphatic carbocycles. The van der Waals surface area contributed by atoms with Crippen molar-refractivity contribution in [3.63, 3.8) is 0 Å². The van der Waals surface area contributed by atoms with Crippen molar-refractivity contribution in [2.45, 2.75) is 13.5 Å². The minimum atomic E-state index is -0.237. The SMILES string of the molecule is Cc1c(NN)ncnc1N(C)Cc1ccc(F)cc1. The summed E-state index contributed by atoms with van der Waals surface area (Å²) in [6.07, 6.45) is 1.46. The van der Waals surface area contributed by atoms with Gasteiger partial charge in [-0.15, -0.1) is 0 Å². The second-order valence-electron chi connectivity index (χ2n) is 4.30. The average Bonchev–Trinajstić information content (AvgIpc) is 2.41. The topological polar surface area (TPSA) is 67.1 Å². The van der Waals surface area contributed by atoms with E-state index in [9.17, 15) is 4.39 Å². The number of nitrogens with one attached hydrogen (secondary N) is 1. The van der Waals surface area contributed by atoms with Gasteiger partial charge >= 0.3 is 0 Å². The van der Waals surface area contributed by atoms with Gasteiger partial charge in [0.15, 0.2) is 0 Å². The van der Waals surface area contributed by atoms with Crippen molar-refractivity contribution >= 4 is 11.6 Å². The number of benzene rings is 1. The molecule has 19 heavy (non-hydrogen) atoms.